The second kappa shape index (κ2) is 5.35. The van der Waals surface area contributed by atoms with E-state index in [0.717, 1.165) is 5.39 Å². The number of rotatable bonds is 4. The molecule has 3 rings (SSSR count). The summed E-state index contributed by atoms with van der Waals surface area (Å²) >= 11 is 5.80. The molecule has 0 fully saturated rings. The zero-order valence-corrected chi connectivity index (χ0v) is 11.1. The Labute approximate surface area is 119 Å². The maximum absolute atomic E-state index is 12.1. The molecule has 0 spiro atoms. The first-order valence-corrected chi connectivity index (χ1v) is 6.34. The number of ether oxygens (including phenoxy) is 1. The number of para-hydroxylation sites is 1. The molecule has 0 radical (unpaired) electrons. The fraction of sp³-hybridized carbons (Fsp3) is 0.0667. The lowest BCUT2D eigenvalue weighted by molar-refractivity contribution is 0.0922. The molecule has 0 aliphatic heterocycles. The van der Waals surface area contributed by atoms with Gasteiger partial charge in [0.05, 0.1) is 16.8 Å². The lowest BCUT2D eigenvalue weighted by Gasteiger charge is -2.04. The van der Waals surface area contributed by atoms with E-state index in [1.165, 1.54) is 18.7 Å². The van der Waals surface area contributed by atoms with Gasteiger partial charge in [-0.05, 0) is 6.07 Å². The van der Waals surface area contributed by atoms with Crippen LogP contribution in [0.25, 0.3) is 11.0 Å². The number of carbonyl (C=O) groups is 1. The zero-order valence-electron chi connectivity index (χ0n) is 10.4. The number of hydrogen-bond donors (Lipinski definition) is 0. The summed E-state index contributed by atoms with van der Waals surface area (Å²) in [6.07, 6.45) is 4.46. The molecule has 0 saturated carbocycles. The van der Waals surface area contributed by atoms with Gasteiger partial charge in [-0.25, -0.2) is 0 Å². The molecular weight excluding hydrogens is 278 g/mol. The number of carbonyl (C=O) groups excluding carboxylic acids is 1. The van der Waals surface area contributed by atoms with Gasteiger partial charge in [0.15, 0.2) is 6.61 Å². The summed E-state index contributed by atoms with van der Waals surface area (Å²) in [7, 11) is 0. The molecule has 20 heavy (non-hydrogen) atoms. The van der Waals surface area contributed by atoms with Crippen LogP contribution in [0.1, 0.15) is 10.4 Å². The summed E-state index contributed by atoms with van der Waals surface area (Å²) in [5.41, 5.74) is 1.19. The van der Waals surface area contributed by atoms with Crippen LogP contribution in [0.2, 0.25) is 5.02 Å². The maximum Gasteiger partial charge on any atom is 0.204 e. The van der Waals surface area contributed by atoms with Gasteiger partial charge >= 0.3 is 0 Å². The molecule has 2 aromatic heterocycles. The van der Waals surface area contributed by atoms with Crippen molar-refractivity contribution in [3.63, 3.8) is 0 Å². The van der Waals surface area contributed by atoms with E-state index in [9.17, 15) is 4.79 Å². The molecule has 3 aromatic rings. The van der Waals surface area contributed by atoms with Crippen molar-refractivity contribution in [2.24, 2.45) is 0 Å². The van der Waals surface area contributed by atoms with Crippen LogP contribution in [-0.2, 0) is 0 Å². The van der Waals surface area contributed by atoms with Crippen LogP contribution < -0.4 is 4.74 Å². The van der Waals surface area contributed by atoms with E-state index in [-0.39, 0.29) is 12.4 Å². The third kappa shape index (κ3) is 2.51. The van der Waals surface area contributed by atoms with Crippen LogP contribution in [0.3, 0.4) is 0 Å². The van der Waals surface area contributed by atoms with E-state index in [0.29, 0.717) is 21.9 Å². The number of halogens is 1. The van der Waals surface area contributed by atoms with Gasteiger partial charge in [-0.3, -0.25) is 9.78 Å². The summed E-state index contributed by atoms with van der Waals surface area (Å²) in [5.74, 6) is 0.300. The number of fused-ring (bicyclic) bond motifs is 1. The lowest BCUT2D eigenvalue weighted by Crippen LogP contribution is -2.11. The average Bonchev–Trinajstić information content (AvgIpc) is 2.89. The Morgan fingerprint density at radius 2 is 2.15 bits per heavy atom. The first-order valence-electron chi connectivity index (χ1n) is 5.97. The second-order valence-corrected chi connectivity index (χ2v) is 4.63. The monoisotopic (exact) mass is 287 g/mol. The van der Waals surface area contributed by atoms with Gasteiger partial charge in [0.2, 0.25) is 5.78 Å². The minimum atomic E-state index is -0.157. The van der Waals surface area contributed by atoms with Crippen LogP contribution in [0, 0.1) is 0 Å². The molecule has 0 bridgehead atoms. The zero-order chi connectivity index (χ0) is 13.9. The van der Waals surface area contributed by atoms with Crippen LogP contribution in [0.5, 0.6) is 5.75 Å². The average molecular weight is 288 g/mol. The highest BCUT2D eigenvalue weighted by Crippen LogP contribution is 2.21. The highest BCUT2D eigenvalue weighted by molar-refractivity contribution is 6.30. The molecule has 0 aliphatic carbocycles. The first kappa shape index (κ1) is 12.7. The van der Waals surface area contributed by atoms with Gasteiger partial charge < -0.3 is 9.15 Å². The fourth-order valence-corrected chi connectivity index (χ4v) is 2.06. The number of pyridine rings is 1. The maximum atomic E-state index is 12.1. The van der Waals surface area contributed by atoms with Crippen molar-refractivity contribution in [3.8, 4) is 5.75 Å². The van der Waals surface area contributed by atoms with Crippen LogP contribution in [0.15, 0.2) is 53.4 Å². The molecule has 0 unspecified atom stereocenters. The van der Waals surface area contributed by atoms with Crippen molar-refractivity contribution in [1.82, 2.24) is 4.98 Å². The quantitative estimate of drug-likeness (QED) is 0.686. The first-order chi connectivity index (χ1) is 9.74. The second-order valence-electron chi connectivity index (χ2n) is 4.20. The summed E-state index contributed by atoms with van der Waals surface area (Å²) in [5, 5.41) is 1.24. The summed E-state index contributed by atoms with van der Waals surface area (Å²) in [6, 6.07) is 8.97. The number of aromatic nitrogens is 1. The molecule has 0 aliphatic rings. The number of furan rings is 1. The van der Waals surface area contributed by atoms with Crippen LogP contribution >= 0.6 is 11.6 Å². The molecule has 1 aromatic carbocycles. The molecule has 0 amide bonds. The van der Waals surface area contributed by atoms with Crippen molar-refractivity contribution in [2.75, 3.05) is 6.61 Å². The Kier molecular flexibility index (Phi) is 3.39. The fourth-order valence-electron chi connectivity index (χ4n) is 1.89. The Hall–Kier alpha value is -2.33. The van der Waals surface area contributed by atoms with E-state index in [1.54, 1.807) is 6.07 Å². The molecule has 4 nitrogen and oxygen atoms in total. The summed E-state index contributed by atoms with van der Waals surface area (Å²) in [4.78, 5) is 16.0. The van der Waals surface area contributed by atoms with Crippen molar-refractivity contribution >= 4 is 28.4 Å². The number of Topliss-reactive ketones (excluding diaryl/α,β-unsaturated/α-hetero) is 1. The van der Waals surface area contributed by atoms with Gasteiger partial charge in [0.1, 0.15) is 17.6 Å². The Morgan fingerprint density at radius 3 is 3.00 bits per heavy atom. The van der Waals surface area contributed by atoms with E-state index < -0.39 is 0 Å². The highest BCUT2D eigenvalue weighted by Gasteiger charge is 2.14. The Balaban J connectivity index is 1.76. The van der Waals surface area contributed by atoms with Gasteiger partial charge in [-0.2, -0.15) is 0 Å². The van der Waals surface area contributed by atoms with E-state index >= 15 is 0 Å². The number of hydrogen-bond acceptors (Lipinski definition) is 4. The van der Waals surface area contributed by atoms with Crippen LogP contribution in [-0.4, -0.2) is 17.4 Å². The minimum Gasteiger partial charge on any atom is -0.484 e. The number of ketones is 1. The van der Waals surface area contributed by atoms with Gasteiger partial charge in [0, 0.05) is 17.6 Å². The van der Waals surface area contributed by atoms with Crippen molar-refractivity contribution in [1.29, 1.82) is 0 Å². The summed E-state index contributed by atoms with van der Waals surface area (Å²) in [6.45, 7) is -0.0917. The van der Waals surface area contributed by atoms with Gasteiger partial charge in [-0.15, -0.1) is 0 Å². The SMILES string of the molecule is O=C(COc1cncc(Cl)c1)c1coc2ccccc12. The largest absolute Gasteiger partial charge is 0.484 e. The predicted molar refractivity (Wildman–Crippen MR) is 75.3 cm³/mol. The predicted octanol–water partition coefficient (Wildman–Crippen LogP) is 3.74. The standard InChI is InChI=1S/C15H10ClNO3/c16-10-5-11(7-17-6-10)19-9-14(18)13-8-20-15-4-2-1-3-12(13)15/h1-8H,9H2. The van der Waals surface area contributed by atoms with E-state index in [2.05, 4.69) is 4.98 Å². The molecule has 2 heterocycles. The van der Waals surface area contributed by atoms with E-state index in [1.807, 2.05) is 24.3 Å². The molecule has 0 saturated heterocycles. The molecule has 0 N–H and O–H groups in total. The molecular formula is C15H10ClNO3. The van der Waals surface area contributed by atoms with Crippen LogP contribution in [0.4, 0.5) is 0 Å². The topological polar surface area (TPSA) is 52.3 Å². The Morgan fingerprint density at radius 1 is 1.30 bits per heavy atom. The molecule has 0 atom stereocenters. The van der Waals surface area contributed by atoms with Gasteiger partial charge in [0.25, 0.3) is 0 Å². The van der Waals surface area contributed by atoms with Crippen molar-refractivity contribution in [3.05, 3.63) is 59.6 Å². The normalized spacial score (nSPS) is 10.7. The van der Waals surface area contributed by atoms with Crippen molar-refractivity contribution < 1.29 is 13.9 Å². The highest BCUT2D eigenvalue weighted by atomic mass is 35.5. The van der Waals surface area contributed by atoms with Gasteiger partial charge in [-0.1, -0.05) is 29.8 Å². The molecule has 5 heteroatoms. The smallest absolute Gasteiger partial charge is 0.204 e. The van der Waals surface area contributed by atoms with E-state index in [4.69, 9.17) is 20.8 Å². The summed E-state index contributed by atoms with van der Waals surface area (Å²) < 4.78 is 10.7. The molecule has 100 valence electrons. The minimum absolute atomic E-state index is 0.0917. The Bertz CT molecular complexity index is 766. The third-order valence-electron chi connectivity index (χ3n) is 2.83. The third-order valence-corrected chi connectivity index (χ3v) is 3.04. The van der Waals surface area contributed by atoms with Crippen molar-refractivity contribution in [2.45, 2.75) is 0 Å². The number of benzene rings is 1. The number of nitrogens with zero attached hydrogens (tertiary/aromatic N) is 1. The lowest BCUT2D eigenvalue weighted by atomic mass is 10.1.